The number of carboxylic acid groups (broad SMARTS) is 1. The van der Waals surface area contributed by atoms with Crippen LogP contribution in [0.15, 0.2) is 48.5 Å². The number of benzene rings is 2. The van der Waals surface area contributed by atoms with Crippen molar-refractivity contribution < 1.29 is 27.9 Å². The normalized spacial score (nSPS) is 12.5. The second kappa shape index (κ2) is 8.25. The summed E-state index contributed by atoms with van der Waals surface area (Å²) in [6, 6.07) is 10.2. The van der Waals surface area contributed by atoms with E-state index in [0.717, 1.165) is 12.1 Å². The van der Waals surface area contributed by atoms with Gasteiger partial charge >= 0.3 is 12.1 Å². The van der Waals surface area contributed by atoms with Crippen LogP contribution in [0.4, 0.5) is 13.2 Å². The standard InChI is InChI=1S/C22H20F3N3O3/c1-12(15-4-6-16(7-5-15)21(30)31)27-20(29)19-13(2)26-14(3)28(19)18-10-8-17(9-11-18)22(23,24)25/h4-12H,1-3H3,(H,27,29)(H,30,31)/t12-/m0/s1. The van der Waals surface area contributed by atoms with Crippen molar-refractivity contribution in [3.63, 3.8) is 0 Å². The number of halogens is 3. The van der Waals surface area contributed by atoms with E-state index in [4.69, 9.17) is 5.11 Å². The lowest BCUT2D eigenvalue weighted by Gasteiger charge is -2.17. The molecule has 0 fully saturated rings. The van der Waals surface area contributed by atoms with E-state index in [-0.39, 0.29) is 11.3 Å². The maximum atomic E-state index is 13.0. The fourth-order valence-electron chi connectivity index (χ4n) is 3.31. The van der Waals surface area contributed by atoms with Gasteiger partial charge in [0.15, 0.2) is 0 Å². The van der Waals surface area contributed by atoms with Gasteiger partial charge in [-0.25, -0.2) is 9.78 Å². The van der Waals surface area contributed by atoms with Gasteiger partial charge < -0.3 is 10.4 Å². The van der Waals surface area contributed by atoms with Gasteiger partial charge in [-0.15, -0.1) is 0 Å². The number of carboxylic acids is 1. The smallest absolute Gasteiger partial charge is 0.416 e. The SMILES string of the molecule is Cc1nc(C)n(-c2ccc(C(F)(F)F)cc2)c1C(=O)N[C@@H](C)c1ccc(C(=O)O)cc1. The number of alkyl halides is 3. The second-order valence-corrected chi connectivity index (χ2v) is 7.10. The maximum Gasteiger partial charge on any atom is 0.416 e. The van der Waals surface area contributed by atoms with Gasteiger partial charge in [0.1, 0.15) is 11.5 Å². The molecule has 0 aliphatic heterocycles. The van der Waals surface area contributed by atoms with Gasteiger partial charge in [-0.3, -0.25) is 9.36 Å². The highest BCUT2D eigenvalue weighted by Gasteiger charge is 2.30. The lowest BCUT2D eigenvalue weighted by atomic mass is 10.1. The summed E-state index contributed by atoms with van der Waals surface area (Å²) in [5.41, 5.74) is 1.09. The molecule has 0 aliphatic rings. The van der Waals surface area contributed by atoms with Crippen molar-refractivity contribution in [2.24, 2.45) is 0 Å². The summed E-state index contributed by atoms with van der Waals surface area (Å²) in [7, 11) is 0. The van der Waals surface area contributed by atoms with Crippen molar-refractivity contribution in [1.82, 2.24) is 14.9 Å². The van der Waals surface area contributed by atoms with Gasteiger partial charge in [0.05, 0.1) is 22.9 Å². The monoisotopic (exact) mass is 431 g/mol. The summed E-state index contributed by atoms with van der Waals surface area (Å²) >= 11 is 0. The molecule has 1 atom stereocenters. The van der Waals surface area contributed by atoms with E-state index in [9.17, 15) is 22.8 Å². The van der Waals surface area contributed by atoms with Crippen LogP contribution in [-0.4, -0.2) is 26.5 Å². The van der Waals surface area contributed by atoms with Crippen LogP contribution < -0.4 is 5.32 Å². The minimum absolute atomic E-state index is 0.133. The predicted octanol–water partition coefficient (Wildman–Crippen LogP) is 4.70. The first kappa shape index (κ1) is 22.1. The Morgan fingerprint density at radius 2 is 1.61 bits per heavy atom. The van der Waals surface area contributed by atoms with Crippen molar-refractivity contribution >= 4 is 11.9 Å². The molecule has 0 aliphatic carbocycles. The zero-order valence-corrected chi connectivity index (χ0v) is 17.0. The molecule has 0 radical (unpaired) electrons. The Morgan fingerprint density at radius 1 is 1.03 bits per heavy atom. The molecular weight excluding hydrogens is 411 g/mol. The van der Waals surface area contributed by atoms with Crippen molar-refractivity contribution in [3.8, 4) is 5.69 Å². The van der Waals surface area contributed by atoms with Crippen LogP contribution in [0.2, 0.25) is 0 Å². The van der Waals surface area contributed by atoms with Crippen molar-refractivity contribution in [2.75, 3.05) is 0 Å². The van der Waals surface area contributed by atoms with E-state index >= 15 is 0 Å². The molecule has 0 unspecified atom stereocenters. The Morgan fingerprint density at radius 3 is 2.13 bits per heavy atom. The average Bonchev–Trinajstić information content (AvgIpc) is 3.01. The summed E-state index contributed by atoms with van der Waals surface area (Å²) in [4.78, 5) is 28.3. The molecule has 9 heteroatoms. The highest BCUT2D eigenvalue weighted by Crippen LogP contribution is 2.30. The number of aromatic carboxylic acids is 1. The van der Waals surface area contributed by atoms with Crippen LogP contribution in [0.1, 0.15) is 56.5 Å². The predicted molar refractivity (Wildman–Crippen MR) is 107 cm³/mol. The van der Waals surface area contributed by atoms with Crippen LogP contribution in [0, 0.1) is 13.8 Å². The van der Waals surface area contributed by atoms with E-state index in [1.165, 1.54) is 28.8 Å². The van der Waals surface area contributed by atoms with E-state index in [1.807, 2.05) is 0 Å². The molecule has 2 aromatic carbocycles. The van der Waals surface area contributed by atoms with Crippen molar-refractivity contribution in [2.45, 2.75) is 33.0 Å². The number of rotatable bonds is 5. The molecule has 6 nitrogen and oxygen atoms in total. The molecule has 1 aromatic heterocycles. The highest BCUT2D eigenvalue weighted by molar-refractivity contribution is 5.94. The number of aromatic nitrogens is 2. The van der Waals surface area contributed by atoms with E-state index in [0.29, 0.717) is 22.8 Å². The number of carbonyl (C=O) groups is 2. The van der Waals surface area contributed by atoms with Crippen molar-refractivity contribution in [1.29, 1.82) is 0 Å². The third-order valence-electron chi connectivity index (χ3n) is 4.89. The molecule has 0 spiro atoms. The van der Waals surface area contributed by atoms with E-state index in [2.05, 4.69) is 10.3 Å². The van der Waals surface area contributed by atoms with E-state index in [1.54, 1.807) is 32.9 Å². The average molecular weight is 431 g/mol. The van der Waals surface area contributed by atoms with Crippen LogP contribution in [0.3, 0.4) is 0 Å². The molecule has 1 amide bonds. The molecule has 0 saturated carbocycles. The molecule has 162 valence electrons. The number of hydrogen-bond acceptors (Lipinski definition) is 3. The summed E-state index contributed by atoms with van der Waals surface area (Å²) in [5.74, 6) is -1.04. The van der Waals surface area contributed by atoms with Crippen LogP contribution in [-0.2, 0) is 6.18 Å². The topological polar surface area (TPSA) is 84.2 Å². The Bertz CT molecular complexity index is 1120. The molecule has 0 bridgehead atoms. The largest absolute Gasteiger partial charge is 0.478 e. The number of carbonyl (C=O) groups excluding carboxylic acids is 1. The van der Waals surface area contributed by atoms with Crippen LogP contribution in [0.5, 0.6) is 0 Å². The molecule has 2 N–H and O–H groups in total. The number of imidazole rings is 1. The van der Waals surface area contributed by atoms with Crippen molar-refractivity contribution in [3.05, 3.63) is 82.4 Å². The summed E-state index contributed by atoms with van der Waals surface area (Å²) in [6.07, 6.45) is -4.45. The fraction of sp³-hybridized carbons (Fsp3) is 0.227. The third-order valence-corrected chi connectivity index (χ3v) is 4.89. The highest BCUT2D eigenvalue weighted by atomic mass is 19.4. The quantitative estimate of drug-likeness (QED) is 0.614. The number of nitrogens with zero attached hydrogens (tertiary/aromatic N) is 2. The molecule has 3 aromatic rings. The van der Waals surface area contributed by atoms with Gasteiger partial charge in [0.2, 0.25) is 0 Å². The Labute approximate surface area is 176 Å². The van der Waals surface area contributed by atoms with Gasteiger partial charge in [-0.05, 0) is 62.7 Å². The molecule has 31 heavy (non-hydrogen) atoms. The first-order valence-corrected chi connectivity index (χ1v) is 9.36. The number of hydrogen-bond donors (Lipinski definition) is 2. The first-order valence-electron chi connectivity index (χ1n) is 9.36. The summed E-state index contributed by atoms with van der Waals surface area (Å²) in [6.45, 7) is 5.05. The fourth-order valence-corrected chi connectivity index (χ4v) is 3.31. The Balaban J connectivity index is 1.89. The van der Waals surface area contributed by atoms with Crippen LogP contribution in [0.25, 0.3) is 5.69 Å². The third kappa shape index (κ3) is 4.60. The minimum atomic E-state index is -4.45. The maximum absolute atomic E-state index is 13.0. The van der Waals surface area contributed by atoms with Crippen LogP contribution >= 0.6 is 0 Å². The molecular formula is C22H20F3N3O3. The zero-order valence-electron chi connectivity index (χ0n) is 17.0. The lowest BCUT2D eigenvalue weighted by molar-refractivity contribution is -0.137. The van der Waals surface area contributed by atoms with Gasteiger partial charge in [-0.2, -0.15) is 13.2 Å². The zero-order chi connectivity index (χ0) is 22.9. The molecule has 0 saturated heterocycles. The lowest BCUT2D eigenvalue weighted by Crippen LogP contribution is -2.29. The number of nitrogens with one attached hydrogen (secondary N) is 1. The molecule has 1 heterocycles. The number of amides is 1. The summed E-state index contributed by atoms with van der Waals surface area (Å²) in [5, 5.41) is 11.8. The van der Waals surface area contributed by atoms with E-state index < -0.39 is 29.7 Å². The second-order valence-electron chi connectivity index (χ2n) is 7.10. The minimum Gasteiger partial charge on any atom is -0.478 e. The van der Waals surface area contributed by atoms with Gasteiger partial charge in [0.25, 0.3) is 5.91 Å². The summed E-state index contributed by atoms with van der Waals surface area (Å²) < 4.78 is 40.1. The Hall–Kier alpha value is -3.62. The first-order chi connectivity index (χ1) is 14.5. The van der Waals surface area contributed by atoms with Gasteiger partial charge in [0, 0.05) is 5.69 Å². The Kier molecular flexibility index (Phi) is 5.88. The molecule has 3 rings (SSSR count). The van der Waals surface area contributed by atoms with Gasteiger partial charge in [-0.1, -0.05) is 12.1 Å². The number of aryl methyl sites for hydroxylation is 2.